The number of carbonyl (C=O) groups excluding carboxylic acids is 3. The summed E-state index contributed by atoms with van der Waals surface area (Å²) in [5.41, 5.74) is 1.19. The summed E-state index contributed by atoms with van der Waals surface area (Å²) in [7, 11) is 1.45. The van der Waals surface area contributed by atoms with Crippen molar-refractivity contribution >= 4 is 18.1 Å². The molecule has 2 aliphatic heterocycles. The lowest BCUT2D eigenvalue weighted by atomic mass is 9.77. The number of hydrogen-bond donors (Lipinski definition) is 3. The summed E-state index contributed by atoms with van der Waals surface area (Å²) in [5, 5.41) is 23.7. The van der Waals surface area contributed by atoms with Crippen molar-refractivity contribution in [2.24, 2.45) is 0 Å². The molecule has 0 radical (unpaired) electrons. The van der Waals surface area contributed by atoms with Crippen LogP contribution in [0, 0.1) is 0 Å². The Morgan fingerprint density at radius 1 is 1.31 bits per heavy atom. The molecule has 39 heavy (non-hydrogen) atoms. The van der Waals surface area contributed by atoms with E-state index in [1.807, 2.05) is 6.08 Å². The van der Waals surface area contributed by atoms with E-state index in [1.165, 1.54) is 7.11 Å². The van der Waals surface area contributed by atoms with Gasteiger partial charge in [0.2, 0.25) is 11.8 Å². The maximum Gasteiger partial charge on any atom is 0.247 e. The molecule has 0 unspecified atom stereocenters. The average Bonchev–Trinajstić information content (AvgIpc) is 3.61. The molecule has 1 aromatic rings. The number of hydrogen-bond acceptors (Lipinski definition) is 8. The van der Waals surface area contributed by atoms with Crippen LogP contribution in [-0.4, -0.2) is 91.0 Å². The van der Waals surface area contributed by atoms with Gasteiger partial charge >= 0.3 is 0 Å². The predicted molar refractivity (Wildman–Crippen MR) is 143 cm³/mol. The highest BCUT2D eigenvalue weighted by Crippen LogP contribution is 2.51. The molecule has 212 valence electrons. The molecule has 3 aliphatic rings. The number of aliphatic hydroxyl groups excluding tert-OH is 2. The van der Waals surface area contributed by atoms with E-state index in [-0.39, 0.29) is 38.1 Å². The van der Waals surface area contributed by atoms with Gasteiger partial charge in [0.15, 0.2) is 11.5 Å². The van der Waals surface area contributed by atoms with Crippen molar-refractivity contribution in [1.82, 2.24) is 10.2 Å². The van der Waals surface area contributed by atoms with Crippen LogP contribution < -0.4 is 14.8 Å². The van der Waals surface area contributed by atoms with Gasteiger partial charge in [-0.3, -0.25) is 14.4 Å². The number of methoxy groups -OCH3 is 1. The summed E-state index contributed by atoms with van der Waals surface area (Å²) in [6, 6.07) is 2.33. The number of amides is 2. The van der Waals surface area contributed by atoms with E-state index in [4.69, 9.17) is 14.2 Å². The van der Waals surface area contributed by atoms with E-state index in [0.717, 1.165) is 25.7 Å². The van der Waals surface area contributed by atoms with Gasteiger partial charge in [-0.2, -0.15) is 0 Å². The van der Waals surface area contributed by atoms with Gasteiger partial charge < -0.3 is 34.6 Å². The molecule has 2 heterocycles. The van der Waals surface area contributed by atoms with Crippen molar-refractivity contribution in [3.63, 3.8) is 0 Å². The number of nitrogens with one attached hydrogen (secondary N) is 1. The van der Waals surface area contributed by atoms with Crippen LogP contribution in [-0.2, 0) is 14.3 Å². The second-order valence-corrected chi connectivity index (χ2v) is 10.1. The molecule has 0 aromatic heterocycles. The average molecular weight is 543 g/mol. The molecule has 3 N–H and O–H groups in total. The van der Waals surface area contributed by atoms with Crippen molar-refractivity contribution < 1.29 is 38.8 Å². The number of carbonyl (C=O) groups is 3. The molecule has 2 amide bonds. The fraction of sp³-hybridized carbons (Fsp3) is 0.552. The van der Waals surface area contributed by atoms with E-state index < -0.39 is 30.1 Å². The Hall–Kier alpha value is -3.21. The highest BCUT2D eigenvalue weighted by Gasteiger charge is 2.51. The van der Waals surface area contributed by atoms with Gasteiger partial charge in [-0.1, -0.05) is 6.08 Å². The Kier molecular flexibility index (Phi) is 9.77. The number of aldehydes is 1. The third kappa shape index (κ3) is 6.18. The van der Waals surface area contributed by atoms with Crippen LogP contribution in [0.1, 0.15) is 60.4 Å². The first-order valence-corrected chi connectivity index (χ1v) is 13.6. The zero-order valence-corrected chi connectivity index (χ0v) is 22.3. The molecule has 0 bridgehead atoms. The Morgan fingerprint density at radius 2 is 2.13 bits per heavy atom. The first kappa shape index (κ1) is 28.8. The molecular formula is C29H38N2O8. The SMILES string of the molecule is C=CCCCCC(=O)N(C[C@@H]1CCCO1)[C@@H]1C=C(C(=O)NCCO)[C@@H]2c3cc(C=O)cc(OC)c3O[C@@H]2[C@H]1O. The van der Waals surface area contributed by atoms with Crippen molar-refractivity contribution in [3.8, 4) is 11.5 Å². The molecule has 10 heteroatoms. The second kappa shape index (κ2) is 13.2. The van der Waals surface area contributed by atoms with Crippen molar-refractivity contribution in [1.29, 1.82) is 0 Å². The Labute approximate surface area is 228 Å². The molecule has 5 atom stereocenters. The van der Waals surface area contributed by atoms with E-state index in [9.17, 15) is 24.6 Å². The molecule has 10 nitrogen and oxygen atoms in total. The van der Waals surface area contributed by atoms with Gasteiger partial charge in [0.25, 0.3) is 0 Å². The summed E-state index contributed by atoms with van der Waals surface area (Å²) in [4.78, 5) is 40.2. The lowest BCUT2D eigenvalue weighted by Gasteiger charge is -2.41. The number of benzene rings is 1. The topological polar surface area (TPSA) is 135 Å². The maximum absolute atomic E-state index is 13.6. The number of allylic oxidation sites excluding steroid dienone is 1. The van der Waals surface area contributed by atoms with Crippen molar-refractivity contribution in [2.75, 3.05) is 33.4 Å². The van der Waals surface area contributed by atoms with Gasteiger partial charge in [0.1, 0.15) is 18.5 Å². The number of fused-ring (bicyclic) bond motifs is 3. The quantitative estimate of drug-likeness (QED) is 0.195. The predicted octanol–water partition coefficient (Wildman–Crippen LogP) is 1.88. The normalized spacial score (nSPS) is 25.1. The fourth-order valence-corrected chi connectivity index (χ4v) is 5.66. The lowest BCUT2D eigenvalue weighted by Crippen LogP contribution is -2.57. The van der Waals surface area contributed by atoms with Crippen LogP contribution >= 0.6 is 0 Å². The summed E-state index contributed by atoms with van der Waals surface area (Å²) >= 11 is 0. The number of nitrogens with zero attached hydrogens (tertiary/aromatic N) is 1. The Bertz CT molecular complexity index is 1100. The maximum atomic E-state index is 13.6. The first-order chi connectivity index (χ1) is 18.9. The molecule has 1 saturated heterocycles. The smallest absolute Gasteiger partial charge is 0.247 e. The van der Waals surface area contributed by atoms with Crippen LogP contribution in [0.4, 0.5) is 0 Å². The molecule has 0 spiro atoms. The number of rotatable bonds is 13. The zero-order chi connectivity index (χ0) is 27.9. The fourth-order valence-electron chi connectivity index (χ4n) is 5.66. The monoisotopic (exact) mass is 542 g/mol. The largest absolute Gasteiger partial charge is 0.493 e. The molecule has 0 saturated carbocycles. The van der Waals surface area contributed by atoms with Crippen molar-refractivity contribution in [3.05, 3.63) is 47.6 Å². The summed E-state index contributed by atoms with van der Waals surface area (Å²) in [5.74, 6) is -0.624. The molecule has 1 fully saturated rings. The van der Waals surface area contributed by atoms with E-state index in [1.54, 1.807) is 23.1 Å². The minimum absolute atomic E-state index is 0.0358. The summed E-state index contributed by atoms with van der Waals surface area (Å²) in [6.45, 7) is 4.42. The van der Waals surface area contributed by atoms with Crippen LogP contribution in [0.5, 0.6) is 11.5 Å². The van der Waals surface area contributed by atoms with Gasteiger partial charge in [-0.05, 0) is 50.3 Å². The van der Waals surface area contributed by atoms with Crippen LogP contribution in [0.25, 0.3) is 0 Å². The van der Waals surface area contributed by atoms with Gasteiger partial charge in [-0.15, -0.1) is 6.58 Å². The molecule has 1 aliphatic carbocycles. The minimum Gasteiger partial charge on any atom is -0.493 e. The van der Waals surface area contributed by atoms with Crippen molar-refractivity contribution in [2.45, 2.75) is 68.8 Å². The highest BCUT2D eigenvalue weighted by molar-refractivity contribution is 5.96. The number of aliphatic hydroxyl groups is 2. The highest BCUT2D eigenvalue weighted by atomic mass is 16.5. The number of ether oxygens (including phenoxy) is 3. The Balaban J connectivity index is 1.73. The van der Waals surface area contributed by atoms with E-state index >= 15 is 0 Å². The molecular weight excluding hydrogens is 504 g/mol. The van der Waals surface area contributed by atoms with Gasteiger partial charge in [-0.25, -0.2) is 0 Å². The van der Waals surface area contributed by atoms with Gasteiger partial charge in [0, 0.05) is 42.8 Å². The van der Waals surface area contributed by atoms with Gasteiger partial charge in [0.05, 0.1) is 31.8 Å². The summed E-state index contributed by atoms with van der Waals surface area (Å²) in [6.07, 6.45) is 6.18. The molecule has 4 rings (SSSR count). The standard InChI is InChI=1S/C29H38N2O8/c1-3-4-5-6-9-24(34)31(16-19-8-7-12-38-19)22-15-21(29(36)30-10-11-32)25-20-13-18(17-33)14-23(37-2)27(20)39-28(25)26(22)35/h3,13-15,17,19,22,25-26,28,32,35H,1,4-12,16H2,2H3,(H,30,36)/t19-,22+,25-,26-,28-/m0/s1. The Morgan fingerprint density at radius 3 is 2.79 bits per heavy atom. The van der Waals surface area contributed by atoms with Crippen LogP contribution in [0.3, 0.4) is 0 Å². The lowest BCUT2D eigenvalue weighted by molar-refractivity contribution is -0.139. The van der Waals surface area contributed by atoms with E-state index in [2.05, 4.69) is 11.9 Å². The molecule has 1 aromatic carbocycles. The zero-order valence-electron chi connectivity index (χ0n) is 22.3. The van der Waals surface area contributed by atoms with E-state index in [0.29, 0.717) is 47.5 Å². The second-order valence-electron chi connectivity index (χ2n) is 10.1. The number of unbranched alkanes of at least 4 members (excludes halogenated alkanes) is 2. The van der Waals surface area contributed by atoms with Crippen LogP contribution in [0.15, 0.2) is 36.4 Å². The third-order valence-corrected chi connectivity index (χ3v) is 7.56. The first-order valence-electron chi connectivity index (χ1n) is 13.6. The third-order valence-electron chi connectivity index (χ3n) is 7.56. The van der Waals surface area contributed by atoms with Crippen LogP contribution in [0.2, 0.25) is 0 Å². The minimum atomic E-state index is -1.17. The summed E-state index contributed by atoms with van der Waals surface area (Å²) < 4.78 is 17.5.